The average Bonchev–Trinajstić information content (AvgIpc) is 2.83. The van der Waals surface area contributed by atoms with Crippen LogP contribution in [0, 0.1) is 0 Å². The first kappa shape index (κ1) is 19.1. The Morgan fingerprint density at radius 2 is 2.08 bits per heavy atom. The first-order valence-electron chi connectivity index (χ1n) is 7.67. The smallest absolute Gasteiger partial charge is 0.336 e. The maximum atomic E-state index is 12.5. The number of esters is 1. The van der Waals surface area contributed by atoms with Gasteiger partial charge in [0.15, 0.2) is 0 Å². The normalized spacial score (nSPS) is 15.7. The van der Waals surface area contributed by atoms with Crippen LogP contribution in [-0.2, 0) is 14.3 Å². The Hall–Kier alpha value is -2.19. The molecule has 132 valence electrons. The molecule has 25 heavy (non-hydrogen) atoms. The molecule has 1 N–H and O–H groups in total. The number of hydrogen-bond acceptors (Lipinski definition) is 6. The molecule has 0 spiro atoms. The van der Waals surface area contributed by atoms with E-state index in [1.165, 1.54) is 17.0 Å². The van der Waals surface area contributed by atoms with E-state index < -0.39 is 5.97 Å². The second kappa shape index (κ2) is 8.77. The van der Waals surface area contributed by atoms with Gasteiger partial charge in [-0.25, -0.2) is 4.79 Å². The van der Waals surface area contributed by atoms with Crippen LogP contribution in [0.15, 0.2) is 29.2 Å². The van der Waals surface area contributed by atoms with E-state index in [0.717, 1.165) is 11.8 Å². The van der Waals surface area contributed by atoms with E-state index >= 15 is 0 Å². The summed E-state index contributed by atoms with van der Waals surface area (Å²) in [5, 5.41) is 9.22. The van der Waals surface area contributed by atoms with Gasteiger partial charge in [0, 0.05) is 13.0 Å². The molecule has 0 aromatic heterocycles. The summed E-state index contributed by atoms with van der Waals surface area (Å²) in [6.45, 7) is 2.38. The first-order chi connectivity index (χ1) is 11.9. The molecule has 0 aliphatic carbocycles. The Labute approximate surface area is 154 Å². The number of benzene rings is 1. The summed E-state index contributed by atoms with van der Waals surface area (Å²) in [5.41, 5.74) is 0.567. The molecule has 6 nitrogen and oxygen atoms in total. The molecule has 0 unspecified atom stereocenters. The number of ether oxygens (including phenoxy) is 1. The molecule has 1 aromatic carbocycles. The third-order valence-corrected chi connectivity index (χ3v) is 4.80. The highest BCUT2D eigenvalue weighted by Crippen LogP contribution is 2.33. The van der Waals surface area contributed by atoms with Crippen LogP contribution in [-0.4, -0.2) is 45.3 Å². The molecular weight excluding hydrogens is 362 g/mol. The number of thiocarbonyl (C=S) groups is 1. The highest BCUT2D eigenvalue weighted by atomic mass is 32.2. The van der Waals surface area contributed by atoms with Crippen molar-refractivity contribution in [2.45, 2.75) is 19.8 Å². The lowest BCUT2D eigenvalue weighted by Gasteiger charge is -2.13. The Morgan fingerprint density at radius 1 is 1.36 bits per heavy atom. The summed E-state index contributed by atoms with van der Waals surface area (Å²) < 4.78 is 5.24. The maximum Gasteiger partial charge on any atom is 0.336 e. The number of nitrogens with zero attached hydrogens (tertiary/aromatic N) is 1. The number of carbonyl (C=O) groups excluding carboxylic acids is 2. The summed E-state index contributed by atoms with van der Waals surface area (Å²) in [6.07, 6.45) is 2.20. The molecule has 2 rings (SSSR count). The third kappa shape index (κ3) is 4.90. The largest absolute Gasteiger partial charge is 0.478 e. The topological polar surface area (TPSA) is 83.9 Å². The molecule has 1 saturated heterocycles. The molecule has 1 aliphatic heterocycles. The van der Waals surface area contributed by atoms with Crippen molar-refractivity contribution in [2.75, 3.05) is 13.2 Å². The van der Waals surface area contributed by atoms with Crippen LogP contribution in [0.4, 0.5) is 0 Å². The predicted octanol–water partition coefficient (Wildman–Crippen LogP) is 2.93. The minimum absolute atomic E-state index is 0.120. The van der Waals surface area contributed by atoms with Crippen LogP contribution in [0.2, 0.25) is 0 Å². The molecule has 1 fully saturated rings. The zero-order valence-electron chi connectivity index (χ0n) is 13.6. The molecule has 1 amide bonds. The van der Waals surface area contributed by atoms with Gasteiger partial charge in [-0.2, -0.15) is 0 Å². The summed E-state index contributed by atoms with van der Waals surface area (Å²) in [6, 6.07) is 6.45. The van der Waals surface area contributed by atoms with Crippen molar-refractivity contribution in [1.29, 1.82) is 0 Å². The van der Waals surface area contributed by atoms with Gasteiger partial charge in [-0.1, -0.05) is 42.2 Å². The number of rotatable bonds is 7. The lowest BCUT2D eigenvalue weighted by molar-refractivity contribution is -0.143. The monoisotopic (exact) mass is 379 g/mol. The van der Waals surface area contributed by atoms with Crippen LogP contribution in [0.5, 0.6) is 0 Å². The van der Waals surface area contributed by atoms with E-state index in [2.05, 4.69) is 0 Å². The van der Waals surface area contributed by atoms with Gasteiger partial charge in [0.2, 0.25) is 0 Å². The Balaban J connectivity index is 2.08. The van der Waals surface area contributed by atoms with E-state index in [1.807, 2.05) is 0 Å². The first-order valence-corrected chi connectivity index (χ1v) is 8.89. The van der Waals surface area contributed by atoms with Crippen molar-refractivity contribution < 1.29 is 24.2 Å². The number of carbonyl (C=O) groups is 3. The minimum atomic E-state index is -1.06. The predicted molar refractivity (Wildman–Crippen MR) is 99.1 cm³/mol. The molecule has 0 saturated carbocycles. The van der Waals surface area contributed by atoms with Gasteiger partial charge in [-0.3, -0.25) is 14.5 Å². The van der Waals surface area contributed by atoms with Crippen molar-refractivity contribution in [2.24, 2.45) is 0 Å². The average molecular weight is 379 g/mol. The number of aromatic carboxylic acids is 1. The number of carboxylic acids is 1. The third-order valence-electron chi connectivity index (χ3n) is 3.42. The lowest BCUT2D eigenvalue weighted by Crippen LogP contribution is -2.29. The Kier molecular flexibility index (Phi) is 6.72. The van der Waals surface area contributed by atoms with Crippen LogP contribution in [0.25, 0.3) is 6.08 Å². The highest BCUT2D eigenvalue weighted by Gasteiger charge is 2.32. The molecule has 1 aliphatic rings. The molecular formula is C17H17NO5S2. The maximum absolute atomic E-state index is 12.5. The van der Waals surface area contributed by atoms with Gasteiger partial charge in [-0.05, 0) is 31.1 Å². The molecule has 0 bridgehead atoms. The van der Waals surface area contributed by atoms with Gasteiger partial charge in [-0.15, -0.1) is 0 Å². The lowest BCUT2D eigenvalue weighted by atomic mass is 10.1. The SMILES string of the molecule is CCOC(=O)CCCN1C(=O)/C(=C/c2ccccc2C(=O)O)SC1=S. The summed E-state index contributed by atoms with van der Waals surface area (Å²) in [5.74, 6) is -1.64. The van der Waals surface area contributed by atoms with Crippen LogP contribution in [0.3, 0.4) is 0 Å². The minimum Gasteiger partial charge on any atom is -0.478 e. The van der Waals surface area contributed by atoms with Crippen LogP contribution >= 0.6 is 24.0 Å². The Bertz CT molecular complexity index is 744. The summed E-state index contributed by atoms with van der Waals surface area (Å²) in [4.78, 5) is 36.9. The molecule has 8 heteroatoms. The molecule has 0 radical (unpaired) electrons. The molecule has 1 aromatic rings. The van der Waals surface area contributed by atoms with Gasteiger partial charge >= 0.3 is 11.9 Å². The van der Waals surface area contributed by atoms with E-state index in [4.69, 9.17) is 17.0 Å². The Morgan fingerprint density at radius 3 is 2.76 bits per heavy atom. The van der Waals surface area contributed by atoms with Gasteiger partial charge < -0.3 is 9.84 Å². The van der Waals surface area contributed by atoms with Crippen LogP contribution in [0.1, 0.15) is 35.7 Å². The second-order valence-corrected chi connectivity index (χ2v) is 6.81. The summed E-state index contributed by atoms with van der Waals surface area (Å²) in [7, 11) is 0. The fourth-order valence-electron chi connectivity index (χ4n) is 2.27. The fourth-order valence-corrected chi connectivity index (χ4v) is 3.57. The fraction of sp³-hybridized carbons (Fsp3) is 0.294. The van der Waals surface area contributed by atoms with Gasteiger partial charge in [0.1, 0.15) is 4.32 Å². The summed E-state index contributed by atoms with van der Waals surface area (Å²) >= 11 is 6.35. The number of amides is 1. The molecule has 1 heterocycles. The quantitative estimate of drug-likeness (QED) is 0.443. The van der Waals surface area contributed by atoms with Gasteiger partial charge in [0.25, 0.3) is 5.91 Å². The zero-order valence-corrected chi connectivity index (χ0v) is 15.2. The van der Waals surface area contributed by atoms with Crippen molar-refractivity contribution in [3.8, 4) is 0 Å². The standard InChI is InChI=1S/C17H17NO5S2/c1-2-23-14(19)8-5-9-18-15(20)13(25-17(18)24)10-11-6-3-4-7-12(11)16(21)22/h3-4,6-7,10H,2,5,8-9H2,1H3,(H,21,22)/b13-10-. The number of carboxylic acid groups (broad SMARTS) is 1. The van der Waals surface area contributed by atoms with E-state index in [9.17, 15) is 19.5 Å². The zero-order chi connectivity index (χ0) is 18.4. The van der Waals surface area contributed by atoms with Crippen LogP contribution < -0.4 is 0 Å². The van der Waals surface area contributed by atoms with Crippen molar-refractivity contribution >= 4 is 52.2 Å². The van der Waals surface area contributed by atoms with Gasteiger partial charge in [0.05, 0.1) is 17.1 Å². The van der Waals surface area contributed by atoms with Crippen molar-refractivity contribution in [3.05, 3.63) is 40.3 Å². The van der Waals surface area contributed by atoms with Crippen molar-refractivity contribution in [1.82, 2.24) is 4.90 Å². The second-order valence-electron chi connectivity index (χ2n) is 5.13. The highest BCUT2D eigenvalue weighted by molar-refractivity contribution is 8.26. The van der Waals surface area contributed by atoms with E-state index in [1.54, 1.807) is 25.1 Å². The van der Waals surface area contributed by atoms with Crippen molar-refractivity contribution in [3.63, 3.8) is 0 Å². The van der Waals surface area contributed by atoms with E-state index in [0.29, 0.717) is 34.4 Å². The van der Waals surface area contributed by atoms with E-state index in [-0.39, 0.29) is 23.9 Å². The number of thioether (sulfide) groups is 1. The number of hydrogen-bond donors (Lipinski definition) is 1. The molecule has 0 atom stereocenters.